The Bertz CT molecular complexity index is 1170. The van der Waals surface area contributed by atoms with Crippen molar-refractivity contribution in [1.82, 2.24) is 5.32 Å². The predicted molar refractivity (Wildman–Crippen MR) is 122 cm³/mol. The zero-order valence-corrected chi connectivity index (χ0v) is 18.7. The van der Waals surface area contributed by atoms with Crippen LogP contribution in [0.5, 0.6) is 0 Å². The van der Waals surface area contributed by atoms with Crippen molar-refractivity contribution in [1.29, 1.82) is 5.26 Å². The summed E-state index contributed by atoms with van der Waals surface area (Å²) >= 11 is 1.12. The van der Waals surface area contributed by atoms with Crippen molar-refractivity contribution in [2.75, 3.05) is 18.2 Å². The van der Waals surface area contributed by atoms with Gasteiger partial charge in [0.05, 0.1) is 41.0 Å². The Morgan fingerprint density at radius 2 is 1.88 bits per heavy atom. The zero-order chi connectivity index (χ0) is 23.3. The number of hydrogen-bond acceptors (Lipinski definition) is 6. The first-order valence-electron chi connectivity index (χ1n) is 9.80. The number of esters is 1. The molecule has 6 nitrogen and oxygen atoms in total. The molecule has 1 aliphatic heterocycles. The molecule has 0 aliphatic carbocycles. The van der Waals surface area contributed by atoms with Gasteiger partial charge < -0.3 is 15.4 Å². The molecule has 1 atom stereocenters. The first-order valence-corrected chi connectivity index (χ1v) is 10.8. The average Bonchev–Trinajstić information content (AvgIpc) is 2.78. The number of anilines is 1. The van der Waals surface area contributed by atoms with Crippen molar-refractivity contribution in [3.8, 4) is 6.07 Å². The van der Waals surface area contributed by atoms with Crippen LogP contribution in [0.4, 0.5) is 10.1 Å². The molecule has 0 radical (unpaired) electrons. The van der Waals surface area contributed by atoms with Crippen molar-refractivity contribution in [3.05, 3.63) is 87.3 Å². The highest BCUT2D eigenvalue weighted by atomic mass is 32.2. The van der Waals surface area contributed by atoms with E-state index >= 15 is 0 Å². The summed E-state index contributed by atoms with van der Waals surface area (Å²) in [7, 11) is 1.23. The molecule has 1 aliphatic rings. The van der Waals surface area contributed by atoms with Gasteiger partial charge in [0.25, 0.3) is 0 Å². The van der Waals surface area contributed by atoms with Crippen LogP contribution < -0.4 is 10.6 Å². The quantitative estimate of drug-likeness (QED) is 0.634. The number of carbonyl (C=O) groups excluding carboxylic acids is 2. The van der Waals surface area contributed by atoms with E-state index in [4.69, 9.17) is 4.74 Å². The van der Waals surface area contributed by atoms with E-state index in [-0.39, 0.29) is 28.4 Å². The third-order valence-corrected chi connectivity index (χ3v) is 6.05. The van der Waals surface area contributed by atoms with Crippen molar-refractivity contribution >= 4 is 29.3 Å². The zero-order valence-electron chi connectivity index (χ0n) is 17.9. The largest absolute Gasteiger partial charge is 0.466 e. The fourth-order valence-corrected chi connectivity index (χ4v) is 4.36. The molecule has 0 saturated carbocycles. The van der Waals surface area contributed by atoms with Crippen LogP contribution in [0.3, 0.4) is 0 Å². The first kappa shape index (κ1) is 23.1. The van der Waals surface area contributed by atoms with Crippen LogP contribution >= 0.6 is 11.8 Å². The number of dihydropyridines is 1. The second kappa shape index (κ2) is 10.2. The summed E-state index contributed by atoms with van der Waals surface area (Å²) in [6.45, 7) is 3.55. The Morgan fingerprint density at radius 3 is 2.53 bits per heavy atom. The highest BCUT2D eigenvalue weighted by Crippen LogP contribution is 2.41. The number of ether oxygens (including phenoxy) is 1. The Hall–Kier alpha value is -3.57. The minimum Gasteiger partial charge on any atom is -0.466 e. The van der Waals surface area contributed by atoms with Crippen molar-refractivity contribution in [3.63, 3.8) is 0 Å². The van der Waals surface area contributed by atoms with Gasteiger partial charge in [0.15, 0.2) is 0 Å². The molecular formula is C24H22FN3O3S. The maximum atomic E-state index is 14.7. The number of rotatable bonds is 6. The molecule has 2 aromatic rings. The summed E-state index contributed by atoms with van der Waals surface area (Å²) < 4.78 is 19.6. The topological polar surface area (TPSA) is 91.2 Å². The number of hydrogen-bond donors (Lipinski definition) is 2. The van der Waals surface area contributed by atoms with Crippen LogP contribution in [0.25, 0.3) is 0 Å². The maximum Gasteiger partial charge on any atom is 0.336 e. The van der Waals surface area contributed by atoms with E-state index in [1.54, 1.807) is 19.1 Å². The van der Waals surface area contributed by atoms with Crippen molar-refractivity contribution in [2.24, 2.45) is 0 Å². The lowest BCUT2D eigenvalue weighted by atomic mass is 9.82. The molecule has 0 spiro atoms. The van der Waals surface area contributed by atoms with Crippen LogP contribution in [-0.4, -0.2) is 24.7 Å². The lowest BCUT2D eigenvalue weighted by Crippen LogP contribution is -2.29. The van der Waals surface area contributed by atoms with Crippen LogP contribution in [0, 0.1) is 24.1 Å². The highest BCUT2D eigenvalue weighted by molar-refractivity contribution is 8.03. The van der Waals surface area contributed by atoms with Gasteiger partial charge >= 0.3 is 5.97 Å². The summed E-state index contributed by atoms with van der Waals surface area (Å²) in [5.41, 5.74) is 2.56. The van der Waals surface area contributed by atoms with E-state index in [2.05, 4.69) is 16.7 Å². The van der Waals surface area contributed by atoms with E-state index in [0.29, 0.717) is 16.4 Å². The normalized spacial score (nSPS) is 15.7. The number of methoxy groups -OCH3 is 1. The summed E-state index contributed by atoms with van der Waals surface area (Å²) in [6, 6.07) is 15.5. The summed E-state index contributed by atoms with van der Waals surface area (Å²) in [6.07, 6.45) is 0. The molecule has 1 unspecified atom stereocenters. The number of thioether (sulfide) groups is 1. The van der Waals surface area contributed by atoms with Gasteiger partial charge in [-0.3, -0.25) is 4.79 Å². The standard InChI is InChI=1S/C24H22FN3O3S/c1-14-8-4-7-11-19(14)28-20(29)13-32-23-17(12-26)22(16-9-5-6-10-18(16)25)21(15(2)27-23)24(30)31-3/h4-11,22,27H,13H2,1-3H3,(H,28,29). The second-order valence-electron chi connectivity index (χ2n) is 7.12. The molecular weight excluding hydrogens is 429 g/mol. The van der Waals surface area contributed by atoms with Crippen LogP contribution in [0.1, 0.15) is 24.0 Å². The van der Waals surface area contributed by atoms with Gasteiger partial charge in [-0.2, -0.15) is 5.26 Å². The molecule has 3 rings (SSSR count). The molecule has 32 heavy (non-hydrogen) atoms. The van der Waals surface area contributed by atoms with E-state index in [1.807, 2.05) is 25.1 Å². The SMILES string of the molecule is COC(=O)C1=C(C)NC(SCC(=O)Nc2ccccc2C)=C(C#N)C1c1ccccc1F. The number of nitriles is 1. The number of allylic oxidation sites excluding steroid dienone is 2. The molecule has 164 valence electrons. The monoisotopic (exact) mass is 451 g/mol. The number of nitrogens with one attached hydrogen (secondary N) is 2. The molecule has 1 amide bonds. The van der Waals surface area contributed by atoms with Gasteiger partial charge in [0, 0.05) is 16.9 Å². The molecule has 2 aromatic carbocycles. The van der Waals surface area contributed by atoms with Gasteiger partial charge in [-0.25, -0.2) is 9.18 Å². The molecule has 0 fully saturated rings. The van der Waals surface area contributed by atoms with E-state index in [1.165, 1.54) is 25.3 Å². The van der Waals surface area contributed by atoms with Crippen LogP contribution in [0.2, 0.25) is 0 Å². The van der Waals surface area contributed by atoms with Gasteiger partial charge in [-0.1, -0.05) is 48.2 Å². The van der Waals surface area contributed by atoms with Crippen molar-refractivity contribution < 1.29 is 18.7 Å². The minimum atomic E-state index is -0.947. The number of carbonyl (C=O) groups is 2. The average molecular weight is 452 g/mol. The Balaban J connectivity index is 1.92. The third-order valence-electron chi connectivity index (χ3n) is 5.04. The minimum absolute atomic E-state index is 0.0205. The molecule has 2 N–H and O–H groups in total. The Morgan fingerprint density at radius 1 is 1.19 bits per heavy atom. The van der Waals surface area contributed by atoms with E-state index in [0.717, 1.165) is 17.3 Å². The van der Waals surface area contributed by atoms with Crippen molar-refractivity contribution in [2.45, 2.75) is 19.8 Å². The molecule has 1 heterocycles. The summed E-state index contributed by atoms with van der Waals surface area (Å²) in [4.78, 5) is 25.0. The third kappa shape index (κ3) is 4.84. The number of aryl methyl sites for hydroxylation is 1. The van der Waals surface area contributed by atoms with Gasteiger partial charge in [0.2, 0.25) is 5.91 Å². The second-order valence-corrected chi connectivity index (χ2v) is 8.10. The van der Waals surface area contributed by atoms with Crippen LogP contribution in [-0.2, 0) is 14.3 Å². The fourth-order valence-electron chi connectivity index (χ4n) is 3.46. The van der Waals surface area contributed by atoms with Gasteiger partial charge in [-0.05, 0) is 31.5 Å². The number of benzene rings is 2. The van der Waals surface area contributed by atoms with E-state index in [9.17, 15) is 19.2 Å². The maximum absolute atomic E-state index is 14.7. The Kier molecular flexibility index (Phi) is 7.33. The highest BCUT2D eigenvalue weighted by Gasteiger charge is 2.36. The fraction of sp³-hybridized carbons (Fsp3) is 0.208. The van der Waals surface area contributed by atoms with Gasteiger partial charge in [-0.15, -0.1) is 0 Å². The van der Waals surface area contributed by atoms with Gasteiger partial charge in [0.1, 0.15) is 5.82 Å². The molecule has 0 bridgehead atoms. The van der Waals surface area contributed by atoms with E-state index < -0.39 is 17.7 Å². The molecule has 0 saturated heterocycles. The smallest absolute Gasteiger partial charge is 0.336 e. The first-order chi connectivity index (χ1) is 15.4. The lowest BCUT2D eigenvalue weighted by Gasteiger charge is -2.29. The number of halogens is 1. The number of nitrogens with zero attached hydrogens (tertiary/aromatic N) is 1. The molecule has 0 aromatic heterocycles. The summed E-state index contributed by atoms with van der Waals surface area (Å²) in [5, 5.41) is 16.2. The predicted octanol–water partition coefficient (Wildman–Crippen LogP) is 4.38. The number of amides is 1. The Labute approximate surface area is 190 Å². The lowest BCUT2D eigenvalue weighted by molar-refractivity contribution is -0.136. The van der Waals surface area contributed by atoms with Crippen LogP contribution in [0.15, 0.2) is 70.4 Å². The summed E-state index contributed by atoms with van der Waals surface area (Å²) in [5.74, 6) is -2.37. The number of para-hydroxylation sites is 1. The molecule has 8 heteroatoms.